The lowest BCUT2D eigenvalue weighted by Crippen LogP contribution is -2.66. The van der Waals surface area contributed by atoms with Gasteiger partial charge in [-0.3, -0.25) is 9.59 Å². The van der Waals surface area contributed by atoms with Gasteiger partial charge in [-0.05, 0) is 55.2 Å². The van der Waals surface area contributed by atoms with Gasteiger partial charge in [-0.25, -0.2) is 0 Å². The van der Waals surface area contributed by atoms with Gasteiger partial charge >= 0.3 is 0 Å². The van der Waals surface area contributed by atoms with E-state index >= 15 is 0 Å². The fraction of sp³-hybridized carbons (Fsp3) is 0.522. The van der Waals surface area contributed by atoms with Crippen LogP contribution in [0.1, 0.15) is 41.8 Å². The van der Waals surface area contributed by atoms with Gasteiger partial charge in [0.05, 0.1) is 13.3 Å². The molecular weight excluding hydrogens is 382 g/mol. The van der Waals surface area contributed by atoms with Crippen molar-refractivity contribution in [2.24, 2.45) is 11.8 Å². The number of hydrogen-bond donors (Lipinski definition) is 0. The highest BCUT2D eigenvalue weighted by Gasteiger charge is 2.50. The minimum atomic E-state index is -0.0992. The average molecular weight is 409 g/mol. The SMILES string of the molecule is COc1cccc(C[C@H]2[C@H]3C[C@H](CN(C(=O)c4ccno4)C3)[C@@H]3CCCC(=O)N32)c1. The molecule has 2 amide bonds. The van der Waals surface area contributed by atoms with Crippen molar-refractivity contribution in [3.63, 3.8) is 0 Å². The molecule has 2 aromatic rings. The van der Waals surface area contributed by atoms with Crippen LogP contribution in [-0.4, -0.2) is 59.1 Å². The summed E-state index contributed by atoms with van der Waals surface area (Å²) in [7, 11) is 1.67. The van der Waals surface area contributed by atoms with E-state index in [1.54, 1.807) is 13.2 Å². The number of benzene rings is 1. The second-order valence-corrected chi connectivity index (χ2v) is 8.73. The highest BCUT2D eigenvalue weighted by Crippen LogP contribution is 2.43. The quantitative estimate of drug-likeness (QED) is 0.776. The highest BCUT2D eigenvalue weighted by molar-refractivity contribution is 5.91. The molecule has 0 N–H and O–H groups in total. The molecule has 0 spiro atoms. The van der Waals surface area contributed by atoms with Crippen molar-refractivity contribution in [3.05, 3.63) is 47.9 Å². The van der Waals surface area contributed by atoms with Gasteiger partial charge < -0.3 is 19.1 Å². The van der Waals surface area contributed by atoms with Gasteiger partial charge in [0, 0.05) is 37.7 Å². The lowest BCUT2D eigenvalue weighted by Gasteiger charge is -2.56. The zero-order valence-electron chi connectivity index (χ0n) is 17.2. The molecule has 7 nitrogen and oxygen atoms in total. The fourth-order valence-electron chi connectivity index (χ4n) is 5.73. The average Bonchev–Trinajstić information content (AvgIpc) is 3.31. The summed E-state index contributed by atoms with van der Waals surface area (Å²) < 4.78 is 10.5. The zero-order valence-corrected chi connectivity index (χ0v) is 17.2. The molecule has 3 fully saturated rings. The van der Waals surface area contributed by atoms with Crippen molar-refractivity contribution < 1.29 is 18.8 Å². The van der Waals surface area contributed by atoms with Crippen molar-refractivity contribution in [2.45, 2.75) is 44.2 Å². The van der Waals surface area contributed by atoms with E-state index in [1.807, 2.05) is 17.0 Å². The topological polar surface area (TPSA) is 75.9 Å². The Morgan fingerprint density at radius 2 is 2.13 bits per heavy atom. The number of rotatable bonds is 4. The van der Waals surface area contributed by atoms with Crippen LogP contribution in [0.15, 0.2) is 41.1 Å². The first-order valence-corrected chi connectivity index (χ1v) is 10.8. The van der Waals surface area contributed by atoms with Crippen molar-refractivity contribution in [1.29, 1.82) is 0 Å². The molecule has 4 atom stereocenters. The molecule has 158 valence electrons. The summed E-state index contributed by atoms with van der Waals surface area (Å²) in [4.78, 5) is 30.0. The minimum Gasteiger partial charge on any atom is -0.497 e. The molecule has 5 rings (SSSR count). The third-order valence-electron chi connectivity index (χ3n) is 7.01. The van der Waals surface area contributed by atoms with Crippen molar-refractivity contribution in [1.82, 2.24) is 15.0 Å². The number of piperidine rings is 3. The molecule has 1 aromatic heterocycles. The Bertz CT molecular complexity index is 928. The van der Waals surface area contributed by atoms with Gasteiger partial charge in [0.15, 0.2) is 0 Å². The van der Waals surface area contributed by atoms with Crippen LogP contribution in [-0.2, 0) is 11.2 Å². The van der Waals surface area contributed by atoms with Crippen LogP contribution in [0.5, 0.6) is 5.75 Å². The molecule has 0 radical (unpaired) electrons. The van der Waals surface area contributed by atoms with Crippen LogP contribution in [0, 0.1) is 11.8 Å². The Morgan fingerprint density at radius 3 is 2.93 bits per heavy atom. The summed E-state index contributed by atoms with van der Waals surface area (Å²) in [5, 5.41) is 3.69. The van der Waals surface area contributed by atoms with Gasteiger partial charge in [0.25, 0.3) is 5.91 Å². The number of carbonyl (C=O) groups excluding carboxylic acids is 2. The zero-order chi connectivity index (χ0) is 20.7. The van der Waals surface area contributed by atoms with Crippen LogP contribution in [0.2, 0.25) is 0 Å². The molecular formula is C23H27N3O4. The van der Waals surface area contributed by atoms with Crippen molar-refractivity contribution in [2.75, 3.05) is 20.2 Å². The van der Waals surface area contributed by atoms with E-state index in [1.165, 1.54) is 6.20 Å². The first-order chi connectivity index (χ1) is 14.6. The van der Waals surface area contributed by atoms with E-state index in [-0.39, 0.29) is 35.6 Å². The maximum absolute atomic E-state index is 13.0. The molecule has 4 heterocycles. The number of likely N-dealkylation sites (tertiary alicyclic amines) is 1. The Balaban J connectivity index is 1.44. The second kappa shape index (κ2) is 7.78. The second-order valence-electron chi connectivity index (χ2n) is 8.73. The van der Waals surface area contributed by atoms with Gasteiger partial charge in [-0.1, -0.05) is 17.3 Å². The standard InChI is InChI=1S/C23H27N3O4/c1-29-18-5-2-4-15(10-18)11-20-17-12-16(19-6-3-7-22(27)26(19)20)13-25(14-17)23(28)21-8-9-24-30-21/h2,4-5,8-10,16-17,19-20H,3,6-7,11-14H2,1H3/t16-,17+,19+,20+/m1/s1. The van der Waals surface area contributed by atoms with Gasteiger partial charge in [-0.2, -0.15) is 0 Å². The van der Waals surface area contributed by atoms with Crippen LogP contribution in [0.4, 0.5) is 0 Å². The molecule has 1 aromatic carbocycles. The number of fused-ring (bicyclic) bond motifs is 4. The fourth-order valence-corrected chi connectivity index (χ4v) is 5.73. The molecule has 3 aliphatic heterocycles. The maximum Gasteiger partial charge on any atom is 0.292 e. The number of nitrogens with zero attached hydrogens (tertiary/aromatic N) is 3. The Kier molecular flexibility index (Phi) is 4.97. The van der Waals surface area contributed by atoms with Gasteiger partial charge in [0.1, 0.15) is 5.75 Å². The van der Waals surface area contributed by atoms with E-state index in [0.717, 1.165) is 37.0 Å². The first kappa shape index (κ1) is 19.2. The molecule has 7 heteroatoms. The lowest BCUT2D eigenvalue weighted by atomic mass is 9.70. The summed E-state index contributed by atoms with van der Waals surface area (Å²) in [5.74, 6) is 1.85. The number of hydrogen-bond acceptors (Lipinski definition) is 5. The van der Waals surface area contributed by atoms with E-state index in [0.29, 0.717) is 25.4 Å². The monoisotopic (exact) mass is 409 g/mol. The number of ether oxygens (including phenoxy) is 1. The summed E-state index contributed by atoms with van der Waals surface area (Å²) >= 11 is 0. The summed E-state index contributed by atoms with van der Waals surface area (Å²) in [5.41, 5.74) is 1.16. The number of methoxy groups -OCH3 is 1. The smallest absolute Gasteiger partial charge is 0.292 e. The normalized spacial score (nSPS) is 28.2. The van der Waals surface area contributed by atoms with Crippen LogP contribution < -0.4 is 4.74 Å². The summed E-state index contributed by atoms with van der Waals surface area (Å²) in [6, 6.07) is 10.0. The molecule has 2 bridgehead atoms. The van der Waals surface area contributed by atoms with Crippen LogP contribution in [0.3, 0.4) is 0 Å². The Hall–Kier alpha value is -2.83. The number of amides is 2. The van der Waals surface area contributed by atoms with Crippen molar-refractivity contribution >= 4 is 11.8 Å². The number of carbonyl (C=O) groups is 2. The lowest BCUT2D eigenvalue weighted by molar-refractivity contribution is -0.151. The predicted molar refractivity (Wildman–Crippen MR) is 109 cm³/mol. The van der Waals surface area contributed by atoms with Gasteiger partial charge in [-0.15, -0.1) is 0 Å². The van der Waals surface area contributed by atoms with Crippen molar-refractivity contribution in [3.8, 4) is 5.75 Å². The van der Waals surface area contributed by atoms with Crippen LogP contribution in [0.25, 0.3) is 0 Å². The molecule has 0 saturated carbocycles. The molecule has 0 unspecified atom stereocenters. The highest BCUT2D eigenvalue weighted by atomic mass is 16.5. The summed E-state index contributed by atoms with van der Waals surface area (Å²) in [6.45, 7) is 1.32. The van der Waals surface area contributed by atoms with E-state index in [4.69, 9.17) is 9.26 Å². The third-order valence-corrected chi connectivity index (χ3v) is 7.01. The largest absolute Gasteiger partial charge is 0.497 e. The third kappa shape index (κ3) is 3.36. The molecule has 30 heavy (non-hydrogen) atoms. The van der Waals surface area contributed by atoms with Gasteiger partial charge in [0.2, 0.25) is 11.7 Å². The number of aromatic nitrogens is 1. The van der Waals surface area contributed by atoms with E-state index in [9.17, 15) is 9.59 Å². The summed E-state index contributed by atoms with van der Waals surface area (Å²) in [6.07, 6.45) is 5.92. The Labute approximate surface area is 176 Å². The Morgan fingerprint density at radius 1 is 1.27 bits per heavy atom. The molecule has 3 saturated heterocycles. The molecule has 0 aliphatic carbocycles. The molecule has 3 aliphatic rings. The predicted octanol–water partition coefficient (Wildman–Crippen LogP) is 2.77. The maximum atomic E-state index is 13.0. The first-order valence-electron chi connectivity index (χ1n) is 10.8. The minimum absolute atomic E-state index is 0.0940. The van der Waals surface area contributed by atoms with E-state index < -0.39 is 0 Å². The van der Waals surface area contributed by atoms with E-state index in [2.05, 4.69) is 22.2 Å². The van der Waals surface area contributed by atoms with Crippen LogP contribution >= 0.6 is 0 Å².